The maximum Gasteiger partial charge on any atom is 0.0897 e. The first-order chi connectivity index (χ1) is 12.1. The molecule has 0 aromatic rings. The van der Waals surface area contributed by atoms with E-state index in [0.717, 1.165) is 13.0 Å². The lowest BCUT2D eigenvalue weighted by molar-refractivity contribution is -0.0486. The predicted molar refractivity (Wildman–Crippen MR) is 105 cm³/mol. The number of β-amino-alcohol motifs (C(OH)–C–C–N with tert-alkyl or cyclic N) is 1. The molecule has 26 heavy (non-hydrogen) atoms. The number of hydrogen-bond acceptors (Lipinski definition) is 7. The van der Waals surface area contributed by atoms with Gasteiger partial charge in [0, 0.05) is 18.6 Å². The maximum absolute atomic E-state index is 10.0. The van der Waals surface area contributed by atoms with Gasteiger partial charge in [-0.05, 0) is 40.7 Å². The highest BCUT2D eigenvalue weighted by Gasteiger charge is 2.24. The van der Waals surface area contributed by atoms with Crippen LogP contribution in [0.4, 0.5) is 0 Å². The van der Waals surface area contributed by atoms with Gasteiger partial charge in [-0.2, -0.15) is 0 Å². The quantitative estimate of drug-likeness (QED) is 0.280. The van der Waals surface area contributed by atoms with E-state index in [1.165, 1.54) is 0 Å². The molecule has 0 radical (unpaired) electrons. The molecular formula is C19H42N2O5. The summed E-state index contributed by atoms with van der Waals surface area (Å²) in [5, 5.41) is 26.0. The molecule has 0 rings (SSSR count). The molecule has 4 N–H and O–H groups in total. The van der Waals surface area contributed by atoms with Gasteiger partial charge < -0.3 is 35.1 Å². The summed E-state index contributed by atoms with van der Waals surface area (Å²) >= 11 is 0. The van der Waals surface area contributed by atoms with Crippen LogP contribution in [-0.2, 0) is 14.2 Å². The number of aliphatic hydroxyl groups is 2. The fraction of sp³-hybridized carbons (Fsp3) is 1.00. The SMILES string of the molecule is CCNCC(O)COCCOCC(O)CNC(C)(C)COC(C)(C)CC. The van der Waals surface area contributed by atoms with Crippen molar-refractivity contribution in [1.82, 2.24) is 10.6 Å². The van der Waals surface area contributed by atoms with Gasteiger partial charge >= 0.3 is 0 Å². The number of hydrogen-bond donors (Lipinski definition) is 4. The molecule has 0 spiro atoms. The molecule has 0 fully saturated rings. The molecule has 2 atom stereocenters. The fourth-order valence-electron chi connectivity index (χ4n) is 1.91. The van der Waals surface area contributed by atoms with Crippen molar-refractivity contribution in [3.63, 3.8) is 0 Å². The second-order valence-corrected chi connectivity index (χ2v) is 7.93. The summed E-state index contributed by atoms with van der Waals surface area (Å²) in [6.07, 6.45) is -0.145. The maximum atomic E-state index is 10.0. The zero-order valence-electron chi connectivity index (χ0n) is 17.6. The van der Waals surface area contributed by atoms with Crippen molar-refractivity contribution in [3.8, 4) is 0 Å². The third-order valence-electron chi connectivity index (χ3n) is 4.11. The van der Waals surface area contributed by atoms with Crippen molar-refractivity contribution in [2.75, 3.05) is 52.7 Å². The molecule has 0 aromatic heterocycles. The summed E-state index contributed by atoms with van der Waals surface area (Å²) in [6.45, 7) is 16.0. The van der Waals surface area contributed by atoms with Crippen LogP contribution < -0.4 is 10.6 Å². The molecule has 158 valence electrons. The average Bonchev–Trinajstić information content (AvgIpc) is 2.59. The van der Waals surface area contributed by atoms with Crippen molar-refractivity contribution < 1.29 is 24.4 Å². The molecule has 0 aromatic carbocycles. The fourth-order valence-corrected chi connectivity index (χ4v) is 1.91. The van der Waals surface area contributed by atoms with E-state index in [0.29, 0.717) is 32.9 Å². The van der Waals surface area contributed by atoms with Crippen LogP contribution in [0.2, 0.25) is 0 Å². The second-order valence-electron chi connectivity index (χ2n) is 7.93. The monoisotopic (exact) mass is 378 g/mol. The largest absolute Gasteiger partial charge is 0.389 e. The first-order valence-corrected chi connectivity index (χ1v) is 9.73. The molecule has 7 heteroatoms. The molecule has 0 amide bonds. The van der Waals surface area contributed by atoms with Crippen LogP contribution in [0.5, 0.6) is 0 Å². The third-order valence-corrected chi connectivity index (χ3v) is 4.11. The van der Waals surface area contributed by atoms with Gasteiger partial charge in [0.15, 0.2) is 0 Å². The molecule has 0 saturated carbocycles. The van der Waals surface area contributed by atoms with E-state index in [-0.39, 0.29) is 24.4 Å². The van der Waals surface area contributed by atoms with Crippen LogP contribution in [0, 0.1) is 0 Å². The molecule has 2 unspecified atom stereocenters. The zero-order chi connectivity index (χ0) is 20.1. The van der Waals surface area contributed by atoms with Crippen molar-refractivity contribution in [3.05, 3.63) is 0 Å². The standard InChI is InChI=1S/C19H42N2O5/c1-7-19(5,6)26-15-18(3,4)21-12-17(23)14-25-10-9-24-13-16(22)11-20-8-2/h16-17,20-23H,7-15H2,1-6H3. The van der Waals surface area contributed by atoms with E-state index in [9.17, 15) is 10.2 Å². The topological polar surface area (TPSA) is 92.2 Å². The van der Waals surface area contributed by atoms with E-state index in [4.69, 9.17) is 14.2 Å². The van der Waals surface area contributed by atoms with Crippen molar-refractivity contribution in [2.45, 2.75) is 71.3 Å². The molecule has 0 aliphatic rings. The minimum atomic E-state index is -0.590. The van der Waals surface area contributed by atoms with Gasteiger partial charge in [0.05, 0.1) is 50.8 Å². The van der Waals surface area contributed by atoms with Gasteiger partial charge in [0.25, 0.3) is 0 Å². The summed E-state index contributed by atoms with van der Waals surface area (Å²) in [5.41, 5.74) is -0.361. The summed E-state index contributed by atoms with van der Waals surface area (Å²) in [6, 6.07) is 0. The van der Waals surface area contributed by atoms with Crippen molar-refractivity contribution in [1.29, 1.82) is 0 Å². The van der Waals surface area contributed by atoms with Gasteiger partial charge in [-0.1, -0.05) is 13.8 Å². The summed E-state index contributed by atoms with van der Waals surface area (Å²) in [7, 11) is 0. The number of ether oxygens (including phenoxy) is 3. The lowest BCUT2D eigenvalue weighted by Gasteiger charge is -2.32. The first kappa shape index (κ1) is 25.7. The third kappa shape index (κ3) is 14.8. The Labute approximate surface area is 159 Å². The van der Waals surface area contributed by atoms with Crippen molar-refractivity contribution in [2.24, 2.45) is 0 Å². The Bertz CT molecular complexity index is 340. The predicted octanol–water partition coefficient (Wildman–Crippen LogP) is 0.924. The Hall–Kier alpha value is -0.280. The van der Waals surface area contributed by atoms with Gasteiger partial charge in [0.1, 0.15) is 0 Å². The highest BCUT2D eigenvalue weighted by molar-refractivity contribution is 4.80. The normalized spacial score (nSPS) is 15.2. The molecular weight excluding hydrogens is 336 g/mol. The Morgan fingerprint density at radius 2 is 1.42 bits per heavy atom. The van der Waals surface area contributed by atoms with Crippen LogP contribution in [0.15, 0.2) is 0 Å². The van der Waals surface area contributed by atoms with Gasteiger partial charge in [-0.25, -0.2) is 0 Å². The molecule has 7 nitrogen and oxygen atoms in total. The average molecular weight is 379 g/mol. The van der Waals surface area contributed by atoms with Crippen molar-refractivity contribution >= 4 is 0 Å². The lowest BCUT2D eigenvalue weighted by atomic mass is 10.0. The van der Waals surface area contributed by atoms with Gasteiger partial charge in [-0.3, -0.25) is 0 Å². The minimum Gasteiger partial charge on any atom is -0.389 e. The minimum absolute atomic E-state index is 0.138. The van der Waals surface area contributed by atoms with Crippen LogP contribution >= 0.6 is 0 Å². The Morgan fingerprint density at radius 1 is 0.885 bits per heavy atom. The van der Waals surface area contributed by atoms with Crippen LogP contribution in [0.3, 0.4) is 0 Å². The van der Waals surface area contributed by atoms with E-state index >= 15 is 0 Å². The Balaban J connectivity index is 3.71. The van der Waals surface area contributed by atoms with E-state index in [1.54, 1.807) is 0 Å². The summed E-state index contributed by atoms with van der Waals surface area (Å²) < 4.78 is 16.7. The molecule has 0 heterocycles. The van der Waals surface area contributed by atoms with Crippen LogP contribution in [0.25, 0.3) is 0 Å². The lowest BCUT2D eigenvalue weighted by Crippen LogP contribution is -2.49. The zero-order valence-corrected chi connectivity index (χ0v) is 17.6. The van der Waals surface area contributed by atoms with E-state index in [1.807, 2.05) is 6.92 Å². The Morgan fingerprint density at radius 3 is 1.92 bits per heavy atom. The first-order valence-electron chi connectivity index (χ1n) is 9.73. The highest BCUT2D eigenvalue weighted by atomic mass is 16.5. The summed E-state index contributed by atoms with van der Waals surface area (Å²) in [5.74, 6) is 0. The van der Waals surface area contributed by atoms with Gasteiger partial charge in [0.2, 0.25) is 0 Å². The van der Waals surface area contributed by atoms with Crippen LogP contribution in [0.1, 0.15) is 48.0 Å². The number of nitrogens with one attached hydrogen (secondary N) is 2. The van der Waals surface area contributed by atoms with Gasteiger partial charge in [-0.15, -0.1) is 0 Å². The summed E-state index contributed by atoms with van der Waals surface area (Å²) in [4.78, 5) is 0. The second kappa shape index (κ2) is 13.8. The Kier molecular flexibility index (Phi) is 13.7. The number of rotatable bonds is 17. The van der Waals surface area contributed by atoms with Crippen LogP contribution in [-0.4, -0.2) is 86.2 Å². The highest BCUT2D eigenvalue weighted by Crippen LogP contribution is 2.16. The molecule has 0 aliphatic heterocycles. The number of aliphatic hydroxyl groups excluding tert-OH is 2. The molecule has 0 aliphatic carbocycles. The van der Waals surface area contributed by atoms with E-state index < -0.39 is 12.2 Å². The number of likely N-dealkylation sites (N-methyl/N-ethyl adjacent to an activating group) is 1. The smallest absolute Gasteiger partial charge is 0.0897 e. The molecule has 0 bridgehead atoms. The van der Waals surface area contributed by atoms with E-state index in [2.05, 4.69) is 45.3 Å². The molecule has 0 saturated heterocycles.